The zero-order valence-corrected chi connectivity index (χ0v) is 28.2. The maximum atomic E-state index is 6.87. The van der Waals surface area contributed by atoms with Gasteiger partial charge in [0, 0.05) is 38.1 Å². The van der Waals surface area contributed by atoms with Crippen molar-refractivity contribution in [3.63, 3.8) is 0 Å². The third-order valence-electron chi connectivity index (χ3n) is 10.8. The smallest absolute Gasteiger partial charge is 0.180 e. The van der Waals surface area contributed by atoms with E-state index < -0.39 is 0 Å². The molecule has 0 aliphatic rings. The summed E-state index contributed by atoms with van der Waals surface area (Å²) in [7, 11) is 0. The maximum absolute atomic E-state index is 6.87. The van der Waals surface area contributed by atoms with Crippen LogP contribution in [0.3, 0.4) is 0 Å². The minimum absolute atomic E-state index is 0.620. The average molecular weight is 678 g/mol. The summed E-state index contributed by atoms with van der Waals surface area (Å²) in [5.41, 5.74) is 9.74. The number of hydrogen-bond acceptors (Lipinski definition) is 4. The van der Waals surface area contributed by atoms with E-state index in [2.05, 4.69) is 138 Å². The van der Waals surface area contributed by atoms with Crippen LogP contribution in [0.2, 0.25) is 0 Å². The molecule has 12 aromatic rings. The Bertz CT molecular complexity index is 3480. The number of benzene rings is 8. The molecule has 0 saturated carbocycles. The van der Waals surface area contributed by atoms with Crippen LogP contribution in [0, 0.1) is 0 Å². The molecule has 0 N–H and O–H groups in total. The fraction of sp³-hybridized carbons (Fsp3) is 0. The van der Waals surface area contributed by atoms with Crippen molar-refractivity contribution in [1.82, 2.24) is 14.5 Å². The first-order valence-corrected chi connectivity index (χ1v) is 17.8. The molecular weight excluding hydrogens is 651 g/mol. The summed E-state index contributed by atoms with van der Waals surface area (Å²) < 4.78 is 15.7. The lowest BCUT2D eigenvalue weighted by Crippen LogP contribution is -1.95. The van der Waals surface area contributed by atoms with Crippen molar-refractivity contribution in [2.75, 3.05) is 0 Å². The van der Waals surface area contributed by atoms with E-state index in [9.17, 15) is 0 Å². The molecule has 0 spiro atoms. The van der Waals surface area contributed by atoms with Crippen LogP contribution < -0.4 is 0 Å². The topological polar surface area (TPSA) is 57.0 Å². The molecule has 5 heteroatoms. The van der Waals surface area contributed by atoms with Crippen LogP contribution in [0.15, 0.2) is 173 Å². The molecule has 0 atom stereocenters. The van der Waals surface area contributed by atoms with Crippen molar-refractivity contribution in [3.05, 3.63) is 164 Å². The summed E-state index contributed by atoms with van der Waals surface area (Å²) in [4.78, 5) is 10.6. The number of hydrogen-bond donors (Lipinski definition) is 0. The lowest BCUT2D eigenvalue weighted by molar-refractivity contribution is 0.666. The SMILES string of the molecule is c1ccc2cc(-c3nc(-c4cccc5oc6c(-n7c8ccccc8c8cc9ccccc9cc87)cccc6c45)nc4c3oc3ccccc34)ccc2c1. The van der Waals surface area contributed by atoms with E-state index in [1.54, 1.807) is 0 Å². The van der Waals surface area contributed by atoms with Crippen LogP contribution in [-0.4, -0.2) is 14.5 Å². The van der Waals surface area contributed by atoms with Crippen LogP contribution in [0.1, 0.15) is 0 Å². The van der Waals surface area contributed by atoms with Gasteiger partial charge in [0.2, 0.25) is 0 Å². The van der Waals surface area contributed by atoms with E-state index in [0.717, 1.165) is 77.4 Å². The Balaban J connectivity index is 1.14. The highest BCUT2D eigenvalue weighted by atomic mass is 16.3. The van der Waals surface area contributed by atoms with Crippen LogP contribution in [0.4, 0.5) is 0 Å². The normalized spacial score (nSPS) is 12.2. The van der Waals surface area contributed by atoms with Crippen molar-refractivity contribution >= 4 is 87.4 Å². The minimum Gasteiger partial charge on any atom is -0.454 e. The molecule has 0 bridgehead atoms. The maximum Gasteiger partial charge on any atom is 0.180 e. The molecule has 53 heavy (non-hydrogen) atoms. The van der Waals surface area contributed by atoms with E-state index in [1.807, 2.05) is 30.3 Å². The number of rotatable bonds is 3. The summed E-state index contributed by atoms with van der Waals surface area (Å²) in [5.74, 6) is 0.620. The van der Waals surface area contributed by atoms with Crippen molar-refractivity contribution in [2.45, 2.75) is 0 Å². The van der Waals surface area contributed by atoms with Gasteiger partial charge in [-0.15, -0.1) is 0 Å². The zero-order valence-electron chi connectivity index (χ0n) is 28.2. The molecule has 12 rings (SSSR count). The van der Waals surface area contributed by atoms with Crippen LogP contribution in [0.25, 0.3) is 116 Å². The standard InChI is InChI=1S/C48H27N3O2/c1-2-12-29-25-32(24-23-28(29)11-1)44-47-45(34-16-6-8-21-41(34)52-47)50-48(49-44)36-18-10-22-42-43(36)35-17-9-20-39(46(35)53-42)51-38-19-7-5-15-33(38)37-26-30-13-3-4-14-31(30)27-40(37)51/h1-27H. The summed E-state index contributed by atoms with van der Waals surface area (Å²) >= 11 is 0. The highest BCUT2D eigenvalue weighted by molar-refractivity contribution is 6.18. The van der Waals surface area contributed by atoms with Gasteiger partial charge < -0.3 is 13.4 Å². The van der Waals surface area contributed by atoms with Gasteiger partial charge in [-0.1, -0.05) is 115 Å². The monoisotopic (exact) mass is 677 g/mol. The van der Waals surface area contributed by atoms with Crippen molar-refractivity contribution in [3.8, 4) is 28.3 Å². The molecule has 246 valence electrons. The third kappa shape index (κ3) is 4.07. The van der Waals surface area contributed by atoms with Gasteiger partial charge in [-0.25, -0.2) is 9.97 Å². The van der Waals surface area contributed by atoms with Gasteiger partial charge in [0.1, 0.15) is 22.4 Å². The number of aromatic nitrogens is 3. The van der Waals surface area contributed by atoms with Crippen molar-refractivity contribution < 1.29 is 8.83 Å². The lowest BCUT2D eigenvalue weighted by Gasteiger charge is -2.09. The molecule has 8 aromatic carbocycles. The molecule has 0 radical (unpaired) electrons. The van der Waals surface area contributed by atoms with E-state index in [-0.39, 0.29) is 0 Å². The summed E-state index contributed by atoms with van der Waals surface area (Å²) in [6, 6.07) is 57.3. The van der Waals surface area contributed by atoms with E-state index in [4.69, 9.17) is 18.8 Å². The second-order valence-electron chi connectivity index (χ2n) is 13.7. The summed E-state index contributed by atoms with van der Waals surface area (Å²) in [6.45, 7) is 0. The second-order valence-corrected chi connectivity index (χ2v) is 13.7. The molecule has 5 nitrogen and oxygen atoms in total. The van der Waals surface area contributed by atoms with E-state index in [1.165, 1.54) is 26.9 Å². The first kappa shape index (κ1) is 28.5. The fourth-order valence-corrected chi connectivity index (χ4v) is 8.35. The molecule has 0 saturated heterocycles. The van der Waals surface area contributed by atoms with Gasteiger partial charge in [-0.05, 0) is 70.1 Å². The van der Waals surface area contributed by atoms with Crippen molar-refractivity contribution in [2.24, 2.45) is 0 Å². The highest BCUT2D eigenvalue weighted by Gasteiger charge is 2.23. The Morgan fingerprint density at radius 3 is 2.00 bits per heavy atom. The summed E-state index contributed by atoms with van der Waals surface area (Å²) in [6.07, 6.45) is 0. The number of para-hydroxylation sites is 3. The first-order chi connectivity index (χ1) is 26.3. The van der Waals surface area contributed by atoms with E-state index in [0.29, 0.717) is 11.4 Å². The molecule has 0 amide bonds. The number of nitrogens with zero attached hydrogens (tertiary/aromatic N) is 3. The largest absolute Gasteiger partial charge is 0.454 e. The molecule has 4 heterocycles. The predicted octanol–water partition coefficient (Wildman–Crippen LogP) is 13.0. The van der Waals surface area contributed by atoms with Crippen molar-refractivity contribution in [1.29, 1.82) is 0 Å². The van der Waals surface area contributed by atoms with Gasteiger partial charge in [0.25, 0.3) is 0 Å². The Morgan fingerprint density at radius 2 is 1.11 bits per heavy atom. The van der Waals surface area contributed by atoms with Gasteiger partial charge in [-0.3, -0.25) is 0 Å². The number of furan rings is 2. The molecule has 0 aliphatic heterocycles. The predicted molar refractivity (Wildman–Crippen MR) is 217 cm³/mol. The molecule has 4 aromatic heterocycles. The molecule has 0 aliphatic carbocycles. The fourth-order valence-electron chi connectivity index (χ4n) is 8.35. The van der Waals surface area contributed by atoms with Gasteiger partial charge in [0.15, 0.2) is 17.0 Å². The quantitative estimate of drug-likeness (QED) is 0.187. The highest BCUT2D eigenvalue weighted by Crippen LogP contribution is 2.43. The molecular formula is C48H27N3O2. The average Bonchev–Trinajstić information content (AvgIpc) is 3.89. The van der Waals surface area contributed by atoms with E-state index >= 15 is 0 Å². The second kappa shape index (κ2) is 10.6. The van der Waals surface area contributed by atoms with Crippen LogP contribution in [0.5, 0.6) is 0 Å². The molecule has 0 unspecified atom stereocenters. The first-order valence-electron chi connectivity index (χ1n) is 17.8. The summed E-state index contributed by atoms with van der Waals surface area (Å²) in [5, 5.41) is 10.1. The van der Waals surface area contributed by atoms with Gasteiger partial charge >= 0.3 is 0 Å². The third-order valence-corrected chi connectivity index (χ3v) is 10.8. The van der Waals surface area contributed by atoms with Crippen LogP contribution >= 0.6 is 0 Å². The Hall–Kier alpha value is -7.24. The lowest BCUT2D eigenvalue weighted by atomic mass is 10.0. The minimum atomic E-state index is 0.620. The Morgan fingerprint density at radius 1 is 0.434 bits per heavy atom. The van der Waals surface area contributed by atoms with Crippen LogP contribution in [-0.2, 0) is 0 Å². The zero-order chi connectivity index (χ0) is 34.6. The van der Waals surface area contributed by atoms with Gasteiger partial charge in [0.05, 0.1) is 16.7 Å². The Labute approximate surface area is 302 Å². The Kier molecular flexibility index (Phi) is 5.71. The number of fused-ring (bicyclic) bond motifs is 11. The molecule has 0 fully saturated rings. The van der Waals surface area contributed by atoms with Gasteiger partial charge in [-0.2, -0.15) is 0 Å².